The molecule has 0 saturated heterocycles. The summed E-state index contributed by atoms with van der Waals surface area (Å²) >= 11 is 1.91. The molecule has 2 fully saturated rings. The number of nitrogens with one attached hydrogen (secondary N) is 1. The third-order valence-corrected chi connectivity index (χ3v) is 6.73. The molecule has 0 spiro atoms. The number of hydrogen-bond donors (Lipinski definition) is 1. The molecule has 1 amide bonds. The lowest BCUT2D eigenvalue weighted by Crippen LogP contribution is -2.38. The molecule has 2 aromatic rings. The molecule has 0 aliphatic heterocycles. The number of benzene rings is 2. The molecule has 0 aromatic heterocycles. The Morgan fingerprint density at radius 2 is 1.64 bits per heavy atom. The van der Waals surface area contributed by atoms with E-state index < -0.39 is 0 Å². The highest BCUT2D eigenvalue weighted by atomic mass is 32.2. The predicted octanol–water partition coefficient (Wildman–Crippen LogP) is 5.04. The Kier molecular flexibility index (Phi) is 5.12. The zero-order valence-electron chi connectivity index (χ0n) is 14.5. The zero-order valence-corrected chi connectivity index (χ0v) is 15.3. The Bertz CT molecular complexity index is 713. The number of carbonyl (C=O) groups excluding carboxylic acids is 1. The minimum atomic E-state index is 0.0982. The number of amides is 1. The van der Waals surface area contributed by atoms with Crippen LogP contribution in [-0.2, 0) is 11.5 Å². The van der Waals surface area contributed by atoms with Gasteiger partial charge in [-0.3, -0.25) is 4.79 Å². The van der Waals surface area contributed by atoms with E-state index in [4.69, 9.17) is 0 Å². The fourth-order valence-corrected chi connectivity index (χ4v) is 5.24. The molecule has 1 N–H and O–H groups in total. The Hall–Kier alpha value is -1.74. The van der Waals surface area contributed by atoms with Gasteiger partial charge in [0.1, 0.15) is 0 Å². The molecule has 0 heterocycles. The van der Waals surface area contributed by atoms with Crippen LogP contribution in [-0.4, -0.2) is 11.9 Å². The fraction of sp³-hybridized carbons (Fsp3) is 0.409. The molecule has 4 rings (SSSR count). The Labute approximate surface area is 154 Å². The predicted molar refractivity (Wildman–Crippen MR) is 105 cm³/mol. The monoisotopic (exact) mass is 351 g/mol. The standard InChI is InChI=1S/C22H25NOS/c24-22(23-21-13-18-8-11-20(21)12-18)19-9-6-17(7-10-19)15-25-14-16-4-2-1-3-5-16/h1-7,9-10,18,20-21H,8,11-15H2,(H,23,24)/t18-,20-,21+/m0/s1. The van der Waals surface area contributed by atoms with E-state index in [1.807, 2.05) is 23.9 Å². The van der Waals surface area contributed by atoms with Crippen molar-refractivity contribution in [2.24, 2.45) is 11.8 Å². The second-order valence-corrected chi connectivity index (χ2v) is 8.42. The van der Waals surface area contributed by atoms with Crippen molar-refractivity contribution >= 4 is 17.7 Å². The summed E-state index contributed by atoms with van der Waals surface area (Å²) in [6.07, 6.45) is 5.17. The van der Waals surface area contributed by atoms with E-state index >= 15 is 0 Å². The number of rotatable bonds is 6. The summed E-state index contributed by atoms with van der Waals surface area (Å²) in [4.78, 5) is 12.5. The zero-order chi connectivity index (χ0) is 17.1. The van der Waals surface area contributed by atoms with Crippen molar-refractivity contribution < 1.29 is 4.79 Å². The van der Waals surface area contributed by atoms with Crippen LogP contribution in [0.25, 0.3) is 0 Å². The average Bonchev–Trinajstić information content (AvgIpc) is 3.26. The van der Waals surface area contributed by atoms with Gasteiger partial charge in [-0.2, -0.15) is 11.8 Å². The van der Waals surface area contributed by atoms with Crippen molar-refractivity contribution in [2.75, 3.05) is 0 Å². The molecular weight excluding hydrogens is 326 g/mol. The van der Waals surface area contributed by atoms with Gasteiger partial charge in [0.25, 0.3) is 5.91 Å². The lowest BCUT2D eigenvalue weighted by Gasteiger charge is -2.22. The van der Waals surface area contributed by atoms with Crippen molar-refractivity contribution in [3.63, 3.8) is 0 Å². The van der Waals surface area contributed by atoms with Crippen LogP contribution in [0.5, 0.6) is 0 Å². The van der Waals surface area contributed by atoms with E-state index in [0.717, 1.165) is 28.9 Å². The maximum atomic E-state index is 12.5. The van der Waals surface area contributed by atoms with Crippen LogP contribution in [0.2, 0.25) is 0 Å². The maximum absolute atomic E-state index is 12.5. The highest BCUT2D eigenvalue weighted by molar-refractivity contribution is 7.97. The molecule has 0 radical (unpaired) electrons. The molecule has 2 aliphatic carbocycles. The SMILES string of the molecule is O=C(N[C@@H]1C[C@H]2CC[C@H]1C2)c1ccc(CSCc2ccccc2)cc1. The number of thioether (sulfide) groups is 1. The highest BCUT2D eigenvalue weighted by Gasteiger charge is 2.40. The van der Waals surface area contributed by atoms with Crippen LogP contribution in [0.3, 0.4) is 0 Å². The summed E-state index contributed by atoms with van der Waals surface area (Å²) in [5.74, 6) is 3.68. The molecule has 2 bridgehead atoms. The van der Waals surface area contributed by atoms with Gasteiger partial charge < -0.3 is 5.32 Å². The van der Waals surface area contributed by atoms with Crippen LogP contribution < -0.4 is 5.32 Å². The van der Waals surface area contributed by atoms with Crippen LogP contribution in [0.4, 0.5) is 0 Å². The molecule has 2 saturated carbocycles. The van der Waals surface area contributed by atoms with Gasteiger partial charge in [0.15, 0.2) is 0 Å². The first kappa shape index (κ1) is 16.7. The molecule has 3 atom stereocenters. The van der Waals surface area contributed by atoms with Crippen LogP contribution >= 0.6 is 11.8 Å². The van der Waals surface area contributed by atoms with Gasteiger partial charge in [0.05, 0.1) is 0 Å². The third-order valence-electron chi connectivity index (χ3n) is 5.65. The van der Waals surface area contributed by atoms with Crippen molar-refractivity contribution in [1.29, 1.82) is 0 Å². The van der Waals surface area contributed by atoms with Crippen LogP contribution in [0, 0.1) is 11.8 Å². The molecule has 2 aliphatic rings. The lowest BCUT2D eigenvalue weighted by molar-refractivity contribution is 0.0923. The summed E-state index contributed by atoms with van der Waals surface area (Å²) in [6, 6.07) is 19.1. The summed E-state index contributed by atoms with van der Waals surface area (Å²) in [7, 11) is 0. The first-order valence-electron chi connectivity index (χ1n) is 9.29. The lowest BCUT2D eigenvalue weighted by atomic mass is 9.95. The smallest absolute Gasteiger partial charge is 0.251 e. The first-order valence-corrected chi connectivity index (χ1v) is 10.4. The summed E-state index contributed by atoms with van der Waals surface area (Å²) in [5, 5.41) is 3.27. The second-order valence-electron chi connectivity index (χ2n) is 7.43. The topological polar surface area (TPSA) is 29.1 Å². The fourth-order valence-electron chi connectivity index (χ4n) is 4.29. The van der Waals surface area contributed by atoms with Gasteiger partial charge in [-0.15, -0.1) is 0 Å². The summed E-state index contributed by atoms with van der Waals surface area (Å²) in [6.45, 7) is 0. The maximum Gasteiger partial charge on any atom is 0.251 e. The van der Waals surface area contributed by atoms with Gasteiger partial charge in [-0.25, -0.2) is 0 Å². The van der Waals surface area contributed by atoms with E-state index in [1.165, 1.54) is 36.8 Å². The second kappa shape index (κ2) is 7.65. The molecular formula is C22H25NOS. The quantitative estimate of drug-likeness (QED) is 0.790. The number of fused-ring (bicyclic) bond motifs is 2. The normalized spacial score (nSPS) is 24.4. The Morgan fingerprint density at radius 3 is 2.28 bits per heavy atom. The van der Waals surface area contributed by atoms with E-state index in [9.17, 15) is 4.79 Å². The van der Waals surface area contributed by atoms with E-state index in [1.54, 1.807) is 0 Å². The van der Waals surface area contributed by atoms with Gasteiger partial charge in [-0.1, -0.05) is 48.9 Å². The molecule has 3 heteroatoms. The first-order chi connectivity index (χ1) is 12.3. The Morgan fingerprint density at radius 1 is 0.920 bits per heavy atom. The summed E-state index contributed by atoms with van der Waals surface area (Å²) in [5.41, 5.74) is 3.42. The van der Waals surface area contributed by atoms with E-state index in [2.05, 4.69) is 47.8 Å². The van der Waals surface area contributed by atoms with Crippen molar-refractivity contribution in [2.45, 2.75) is 43.2 Å². The number of carbonyl (C=O) groups is 1. The molecule has 25 heavy (non-hydrogen) atoms. The van der Waals surface area contributed by atoms with Crippen molar-refractivity contribution in [1.82, 2.24) is 5.32 Å². The van der Waals surface area contributed by atoms with Crippen molar-refractivity contribution in [3.05, 3.63) is 71.3 Å². The van der Waals surface area contributed by atoms with Crippen LogP contribution in [0.15, 0.2) is 54.6 Å². The molecule has 2 aromatic carbocycles. The molecule has 130 valence electrons. The minimum absolute atomic E-state index is 0.0982. The van der Waals surface area contributed by atoms with Gasteiger partial charge in [0, 0.05) is 23.1 Å². The summed E-state index contributed by atoms with van der Waals surface area (Å²) < 4.78 is 0. The van der Waals surface area contributed by atoms with E-state index in [-0.39, 0.29) is 5.91 Å². The third kappa shape index (κ3) is 4.09. The number of hydrogen-bond acceptors (Lipinski definition) is 2. The Balaban J connectivity index is 1.27. The molecule has 2 nitrogen and oxygen atoms in total. The van der Waals surface area contributed by atoms with Gasteiger partial charge in [-0.05, 0) is 54.4 Å². The van der Waals surface area contributed by atoms with Gasteiger partial charge in [0.2, 0.25) is 0 Å². The molecule has 0 unspecified atom stereocenters. The largest absolute Gasteiger partial charge is 0.349 e. The van der Waals surface area contributed by atoms with Crippen LogP contribution in [0.1, 0.15) is 47.2 Å². The highest BCUT2D eigenvalue weighted by Crippen LogP contribution is 2.44. The van der Waals surface area contributed by atoms with E-state index in [0.29, 0.717) is 6.04 Å². The minimum Gasteiger partial charge on any atom is -0.349 e. The van der Waals surface area contributed by atoms with Gasteiger partial charge >= 0.3 is 0 Å². The average molecular weight is 352 g/mol. The van der Waals surface area contributed by atoms with Crippen molar-refractivity contribution in [3.8, 4) is 0 Å².